The molecule has 1 N–H and O–H groups in total. The average Bonchev–Trinajstić information content (AvgIpc) is 2.39. The lowest BCUT2D eigenvalue weighted by Crippen LogP contribution is -2.28. The molecular formula is C15H23NO2. The molecule has 1 unspecified atom stereocenters. The Balaban J connectivity index is 2.07. The summed E-state index contributed by atoms with van der Waals surface area (Å²) in [6, 6.07) is 10.4. The number of carbonyl (C=O) groups is 1. The topological polar surface area (TPSA) is 38.3 Å². The molecule has 0 bridgehead atoms. The van der Waals surface area contributed by atoms with Crippen LogP contribution in [0.4, 0.5) is 0 Å². The lowest BCUT2D eigenvalue weighted by atomic mass is 10.1. The van der Waals surface area contributed by atoms with Gasteiger partial charge in [-0.25, -0.2) is 0 Å². The van der Waals surface area contributed by atoms with E-state index in [0.29, 0.717) is 13.2 Å². The molecule has 0 amide bonds. The predicted octanol–water partition coefficient (Wildman–Crippen LogP) is 2.41. The van der Waals surface area contributed by atoms with Gasteiger partial charge in [0.25, 0.3) is 0 Å². The molecule has 0 aromatic heterocycles. The number of rotatable bonds is 8. The van der Waals surface area contributed by atoms with Crippen molar-refractivity contribution in [2.45, 2.75) is 26.7 Å². The van der Waals surface area contributed by atoms with Gasteiger partial charge in [0.15, 0.2) is 0 Å². The average molecular weight is 249 g/mol. The minimum atomic E-state index is -0.118. The van der Waals surface area contributed by atoms with Crippen molar-refractivity contribution in [3.05, 3.63) is 35.9 Å². The number of esters is 1. The molecule has 1 aromatic rings. The molecule has 0 aliphatic carbocycles. The molecule has 0 saturated heterocycles. The molecule has 0 radical (unpaired) electrons. The quantitative estimate of drug-likeness (QED) is 0.568. The molecule has 18 heavy (non-hydrogen) atoms. The van der Waals surface area contributed by atoms with Crippen molar-refractivity contribution in [3.63, 3.8) is 0 Å². The number of aryl methyl sites for hydroxylation is 1. The van der Waals surface area contributed by atoms with Crippen molar-refractivity contribution >= 4 is 5.97 Å². The molecule has 1 atom stereocenters. The second-order valence-electron chi connectivity index (χ2n) is 4.45. The van der Waals surface area contributed by atoms with E-state index in [-0.39, 0.29) is 11.9 Å². The molecular weight excluding hydrogens is 226 g/mol. The maximum Gasteiger partial charge on any atom is 0.309 e. The van der Waals surface area contributed by atoms with Gasteiger partial charge in [-0.3, -0.25) is 4.79 Å². The van der Waals surface area contributed by atoms with Crippen LogP contribution in [0.25, 0.3) is 0 Å². The minimum absolute atomic E-state index is 0.0679. The number of hydrogen-bond acceptors (Lipinski definition) is 3. The lowest BCUT2D eigenvalue weighted by molar-refractivity contribution is -0.147. The normalized spacial score (nSPS) is 12.1. The number of benzene rings is 1. The Morgan fingerprint density at radius 2 is 2.06 bits per heavy atom. The van der Waals surface area contributed by atoms with E-state index in [2.05, 4.69) is 29.6 Å². The standard InChI is InChI=1S/C15H23NO2/c1-3-18-15(17)13(2)12-16-11-7-10-14-8-5-4-6-9-14/h4-6,8-9,13,16H,3,7,10-12H2,1-2H3. The molecule has 0 saturated carbocycles. The zero-order valence-corrected chi connectivity index (χ0v) is 11.3. The summed E-state index contributed by atoms with van der Waals surface area (Å²) < 4.78 is 4.95. The van der Waals surface area contributed by atoms with Gasteiger partial charge in [0.2, 0.25) is 0 Å². The Labute approximate surface area is 110 Å². The maximum atomic E-state index is 11.4. The molecule has 0 fully saturated rings. The summed E-state index contributed by atoms with van der Waals surface area (Å²) in [5.74, 6) is -0.185. The number of ether oxygens (including phenoxy) is 1. The number of hydrogen-bond donors (Lipinski definition) is 1. The van der Waals surface area contributed by atoms with Gasteiger partial charge in [0.1, 0.15) is 0 Å². The molecule has 1 aromatic carbocycles. The fourth-order valence-corrected chi connectivity index (χ4v) is 1.75. The molecule has 3 nitrogen and oxygen atoms in total. The highest BCUT2D eigenvalue weighted by atomic mass is 16.5. The van der Waals surface area contributed by atoms with Crippen LogP contribution >= 0.6 is 0 Å². The minimum Gasteiger partial charge on any atom is -0.466 e. The lowest BCUT2D eigenvalue weighted by Gasteiger charge is -2.11. The zero-order valence-electron chi connectivity index (χ0n) is 11.3. The maximum absolute atomic E-state index is 11.4. The van der Waals surface area contributed by atoms with Crippen LogP contribution in [0.1, 0.15) is 25.8 Å². The van der Waals surface area contributed by atoms with Crippen LogP contribution in [0.15, 0.2) is 30.3 Å². The van der Waals surface area contributed by atoms with Crippen LogP contribution in [-0.2, 0) is 16.0 Å². The monoisotopic (exact) mass is 249 g/mol. The first-order valence-electron chi connectivity index (χ1n) is 6.65. The first-order chi connectivity index (χ1) is 8.74. The first-order valence-corrected chi connectivity index (χ1v) is 6.65. The zero-order chi connectivity index (χ0) is 13.2. The molecule has 0 aliphatic heterocycles. The molecule has 1 rings (SSSR count). The van der Waals surface area contributed by atoms with E-state index in [1.54, 1.807) is 0 Å². The molecule has 100 valence electrons. The van der Waals surface area contributed by atoms with Gasteiger partial charge in [0.05, 0.1) is 12.5 Å². The molecule has 0 heterocycles. The Morgan fingerprint density at radius 3 is 2.72 bits per heavy atom. The highest BCUT2D eigenvalue weighted by Crippen LogP contribution is 2.02. The van der Waals surface area contributed by atoms with Crippen molar-refractivity contribution in [1.82, 2.24) is 5.32 Å². The van der Waals surface area contributed by atoms with Crippen LogP contribution in [0, 0.1) is 5.92 Å². The van der Waals surface area contributed by atoms with E-state index < -0.39 is 0 Å². The third-order valence-corrected chi connectivity index (χ3v) is 2.80. The Morgan fingerprint density at radius 1 is 1.33 bits per heavy atom. The summed E-state index contributed by atoms with van der Waals surface area (Å²) in [4.78, 5) is 11.4. The van der Waals surface area contributed by atoms with Gasteiger partial charge in [-0.15, -0.1) is 0 Å². The van der Waals surface area contributed by atoms with Crippen molar-refractivity contribution in [1.29, 1.82) is 0 Å². The third-order valence-electron chi connectivity index (χ3n) is 2.80. The van der Waals surface area contributed by atoms with Gasteiger partial charge in [0, 0.05) is 6.54 Å². The Hall–Kier alpha value is -1.35. The van der Waals surface area contributed by atoms with Crippen molar-refractivity contribution in [2.24, 2.45) is 5.92 Å². The SMILES string of the molecule is CCOC(=O)C(C)CNCCCc1ccccc1. The molecule has 3 heteroatoms. The van der Waals surface area contributed by atoms with Crippen LogP contribution in [0.2, 0.25) is 0 Å². The fraction of sp³-hybridized carbons (Fsp3) is 0.533. The first kappa shape index (κ1) is 14.7. The second kappa shape index (κ2) is 8.70. The van der Waals surface area contributed by atoms with Crippen LogP contribution in [0.5, 0.6) is 0 Å². The van der Waals surface area contributed by atoms with E-state index >= 15 is 0 Å². The summed E-state index contributed by atoms with van der Waals surface area (Å²) >= 11 is 0. The van der Waals surface area contributed by atoms with Crippen LogP contribution in [-0.4, -0.2) is 25.7 Å². The van der Waals surface area contributed by atoms with Gasteiger partial charge in [-0.2, -0.15) is 0 Å². The summed E-state index contributed by atoms with van der Waals surface area (Å²) in [5.41, 5.74) is 1.36. The van der Waals surface area contributed by atoms with E-state index in [4.69, 9.17) is 4.74 Å². The molecule has 0 spiro atoms. The van der Waals surface area contributed by atoms with Gasteiger partial charge < -0.3 is 10.1 Å². The summed E-state index contributed by atoms with van der Waals surface area (Å²) in [6.45, 7) is 5.80. The largest absolute Gasteiger partial charge is 0.466 e. The van der Waals surface area contributed by atoms with E-state index in [0.717, 1.165) is 19.4 Å². The van der Waals surface area contributed by atoms with E-state index in [1.165, 1.54) is 5.56 Å². The summed E-state index contributed by atoms with van der Waals surface area (Å²) in [5, 5.41) is 3.29. The second-order valence-corrected chi connectivity index (χ2v) is 4.45. The number of nitrogens with one attached hydrogen (secondary N) is 1. The van der Waals surface area contributed by atoms with Crippen molar-refractivity contribution in [2.75, 3.05) is 19.7 Å². The van der Waals surface area contributed by atoms with Gasteiger partial charge in [-0.05, 0) is 31.9 Å². The van der Waals surface area contributed by atoms with Crippen LogP contribution in [0.3, 0.4) is 0 Å². The number of carbonyl (C=O) groups excluding carboxylic acids is 1. The Bertz CT molecular complexity index is 338. The smallest absolute Gasteiger partial charge is 0.309 e. The van der Waals surface area contributed by atoms with Gasteiger partial charge >= 0.3 is 5.97 Å². The van der Waals surface area contributed by atoms with E-state index in [9.17, 15) is 4.79 Å². The predicted molar refractivity (Wildman–Crippen MR) is 73.4 cm³/mol. The highest BCUT2D eigenvalue weighted by molar-refractivity contribution is 5.72. The van der Waals surface area contributed by atoms with Crippen molar-refractivity contribution in [3.8, 4) is 0 Å². The van der Waals surface area contributed by atoms with Gasteiger partial charge in [-0.1, -0.05) is 37.3 Å². The fourth-order valence-electron chi connectivity index (χ4n) is 1.75. The van der Waals surface area contributed by atoms with Crippen LogP contribution < -0.4 is 5.32 Å². The highest BCUT2D eigenvalue weighted by Gasteiger charge is 2.12. The summed E-state index contributed by atoms with van der Waals surface area (Å²) in [7, 11) is 0. The van der Waals surface area contributed by atoms with E-state index in [1.807, 2.05) is 19.9 Å². The summed E-state index contributed by atoms with van der Waals surface area (Å²) in [6.07, 6.45) is 2.15. The third kappa shape index (κ3) is 5.82. The Kier molecular flexibility index (Phi) is 7.11. The molecule has 0 aliphatic rings. The van der Waals surface area contributed by atoms with Crippen molar-refractivity contribution < 1.29 is 9.53 Å².